The Bertz CT molecular complexity index is 445. The molecule has 1 atom stereocenters. The minimum Gasteiger partial charge on any atom is -0.496 e. The van der Waals surface area contributed by atoms with Crippen LogP contribution in [-0.4, -0.2) is 36.9 Å². The van der Waals surface area contributed by atoms with E-state index in [1.807, 2.05) is 12.1 Å². The van der Waals surface area contributed by atoms with Crippen molar-refractivity contribution in [2.24, 2.45) is 5.73 Å². The Morgan fingerprint density at radius 1 is 1.56 bits per heavy atom. The molecule has 1 aromatic carbocycles. The highest BCUT2D eigenvalue weighted by molar-refractivity contribution is 5.94. The summed E-state index contributed by atoms with van der Waals surface area (Å²) in [5, 5.41) is 0. The molecular formula is C14H20N2O2. The van der Waals surface area contributed by atoms with Crippen molar-refractivity contribution < 1.29 is 9.53 Å². The van der Waals surface area contributed by atoms with Gasteiger partial charge in [0.25, 0.3) is 0 Å². The van der Waals surface area contributed by atoms with Crippen LogP contribution in [0.1, 0.15) is 29.3 Å². The summed E-state index contributed by atoms with van der Waals surface area (Å²) in [4.78, 5) is 13.7. The molecule has 1 heterocycles. The van der Waals surface area contributed by atoms with Crippen LogP contribution in [0.25, 0.3) is 0 Å². The fourth-order valence-corrected chi connectivity index (χ4v) is 2.37. The van der Waals surface area contributed by atoms with Crippen LogP contribution in [0.5, 0.6) is 5.75 Å². The van der Waals surface area contributed by atoms with Crippen LogP contribution in [-0.2, 0) is 6.54 Å². The van der Waals surface area contributed by atoms with Gasteiger partial charge in [-0.2, -0.15) is 0 Å². The fourth-order valence-electron chi connectivity index (χ4n) is 2.37. The second kappa shape index (κ2) is 5.50. The summed E-state index contributed by atoms with van der Waals surface area (Å²) < 4.78 is 5.35. The molecule has 1 aliphatic rings. The first-order valence-corrected chi connectivity index (χ1v) is 6.26. The number of Topliss-reactive ketones (excluding diaryl/α,β-unsaturated/α-hetero) is 1. The predicted molar refractivity (Wildman–Crippen MR) is 70.9 cm³/mol. The summed E-state index contributed by atoms with van der Waals surface area (Å²) in [6, 6.07) is 5.86. The lowest BCUT2D eigenvalue weighted by Gasteiger charge is -2.17. The molecule has 1 fully saturated rings. The summed E-state index contributed by atoms with van der Waals surface area (Å²) in [6.45, 7) is 4.29. The molecule has 1 aliphatic heterocycles. The lowest BCUT2D eigenvalue weighted by molar-refractivity contribution is 0.101. The maximum absolute atomic E-state index is 11.4. The van der Waals surface area contributed by atoms with Gasteiger partial charge in [0.1, 0.15) is 5.75 Å². The number of rotatable bonds is 4. The van der Waals surface area contributed by atoms with E-state index in [0.29, 0.717) is 0 Å². The zero-order valence-electron chi connectivity index (χ0n) is 11.0. The number of nitrogens with zero attached hydrogens (tertiary/aromatic N) is 1. The van der Waals surface area contributed by atoms with Crippen molar-refractivity contribution in [3.05, 3.63) is 29.3 Å². The van der Waals surface area contributed by atoms with Crippen LogP contribution in [0.3, 0.4) is 0 Å². The lowest BCUT2D eigenvalue weighted by atomic mass is 10.1. The summed E-state index contributed by atoms with van der Waals surface area (Å²) in [7, 11) is 1.65. The summed E-state index contributed by atoms with van der Waals surface area (Å²) in [5.41, 5.74) is 7.69. The quantitative estimate of drug-likeness (QED) is 0.819. The molecule has 0 amide bonds. The van der Waals surface area contributed by atoms with E-state index >= 15 is 0 Å². The van der Waals surface area contributed by atoms with Gasteiger partial charge in [0, 0.05) is 36.8 Å². The van der Waals surface area contributed by atoms with Crippen molar-refractivity contribution in [1.29, 1.82) is 0 Å². The van der Waals surface area contributed by atoms with Crippen LogP contribution in [0, 0.1) is 0 Å². The minimum absolute atomic E-state index is 0.0806. The molecule has 98 valence electrons. The van der Waals surface area contributed by atoms with Gasteiger partial charge in [-0.25, -0.2) is 0 Å². The second-order valence-electron chi connectivity index (χ2n) is 4.87. The van der Waals surface area contributed by atoms with Crippen LogP contribution < -0.4 is 10.5 Å². The number of nitrogens with two attached hydrogens (primary N) is 1. The predicted octanol–water partition coefficient (Wildman–Crippen LogP) is 1.43. The zero-order valence-corrected chi connectivity index (χ0v) is 11.0. The number of ketones is 1. The number of carbonyl (C=O) groups is 1. The van der Waals surface area contributed by atoms with Crippen molar-refractivity contribution >= 4 is 5.78 Å². The van der Waals surface area contributed by atoms with Gasteiger partial charge in [0.2, 0.25) is 0 Å². The van der Waals surface area contributed by atoms with E-state index in [0.717, 1.165) is 42.9 Å². The Labute approximate surface area is 108 Å². The van der Waals surface area contributed by atoms with E-state index in [1.54, 1.807) is 20.1 Å². The van der Waals surface area contributed by atoms with E-state index in [1.165, 1.54) is 0 Å². The average molecular weight is 248 g/mol. The first-order valence-electron chi connectivity index (χ1n) is 6.26. The molecule has 2 N–H and O–H groups in total. The minimum atomic E-state index is 0.0806. The largest absolute Gasteiger partial charge is 0.496 e. The topological polar surface area (TPSA) is 55.6 Å². The molecule has 0 saturated carbocycles. The molecular weight excluding hydrogens is 228 g/mol. The third-order valence-electron chi connectivity index (χ3n) is 3.39. The highest BCUT2D eigenvalue weighted by Gasteiger charge is 2.20. The molecule has 4 nitrogen and oxygen atoms in total. The molecule has 0 spiro atoms. The van der Waals surface area contributed by atoms with Crippen molar-refractivity contribution in [1.82, 2.24) is 4.90 Å². The van der Waals surface area contributed by atoms with Gasteiger partial charge in [-0.05, 0) is 31.5 Å². The zero-order chi connectivity index (χ0) is 13.1. The van der Waals surface area contributed by atoms with E-state index in [9.17, 15) is 4.79 Å². The molecule has 1 aromatic rings. The van der Waals surface area contributed by atoms with Crippen LogP contribution in [0.2, 0.25) is 0 Å². The van der Waals surface area contributed by atoms with Crippen molar-refractivity contribution in [2.45, 2.75) is 25.9 Å². The van der Waals surface area contributed by atoms with Crippen LogP contribution >= 0.6 is 0 Å². The standard InChI is InChI=1S/C14H20N2O2/c1-10(17)11-3-4-14(18-2)12(7-11)8-16-6-5-13(15)9-16/h3-4,7,13H,5-6,8-9,15H2,1-2H3. The fraction of sp³-hybridized carbons (Fsp3) is 0.500. The lowest BCUT2D eigenvalue weighted by Crippen LogP contribution is -2.26. The average Bonchev–Trinajstić information content (AvgIpc) is 2.74. The molecule has 0 bridgehead atoms. The number of hydrogen-bond acceptors (Lipinski definition) is 4. The normalized spacial score (nSPS) is 20.1. The monoisotopic (exact) mass is 248 g/mol. The third-order valence-corrected chi connectivity index (χ3v) is 3.39. The van der Waals surface area contributed by atoms with Gasteiger partial charge >= 0.3 is 0 Å². The van der Waals surface area contributed by atoms with Crippen molar-refractivity contribution in [2.75, 3.05) is 20.2 Å². The number of carbonyl (C=O) groups excluding carboxylic acids is 1. The molecule has 1 saturated heterocycles. The Morgan fingerprint density at radius 3 is 2.89 bits per heavy atom. The van der Waals surface area contributed by atoms with E-state index in [4.69, 9.17) is 10.5 Å². The number of likely N-dealkylation sites (tertiary alicyclic amines) is 1. The van der Waals surface area contributed by atoms with Gasteiger partial charge in [-0.15, -0.1) is 0 Å². The van der Waals surface area contributed by atoms with E-state index < -0.39 is 0 Å². The van der Waals surface area contributed by atoms with Crippen LogP contribution in [0.15, 0.2) is 18.2 Å². The van der Waals surface area contributed by atoms with Crippen LogP contribution in [0.4, 0.5) is 0 Å². The molecule has 18 heavy (non-hydrogen) atoms. The van der Waals surface area contributed by atoms with Gasteiger partial charge in [0.05, 0.1) is 7.11 Å². The molecule has 0 aromatic heterocycles. The van der Waals surface area contributed by atoms with E-state index in [-0.39, 0.29) is 11.8 Å². The number of ether oxygens (including phenoxy) is 1. The SMILES string of the molecule is COc1ccc(C(C)=O)cc1CN1CCC(N)C1. The summed E-state index contributed by atoms with van der Waals surface area (Å²) >= 11 is 0. The van der Waals surface area contributed by atoms with Gasteiger partial charge in [-0.1, -0.05) is 0 Å². The summed E-state index contributed by atoms with van der Waals surface area (Å²) in [6.07, 6.45) is 1.04. The van der Waals surface area contributed by atoms with Crippen molar-refractivity contribution in [3.63, 3.8) is 0 Å². The molecule has 2 rings (SSSR count). The van der Waals surface area contributed by atoms with Crippen molar-refractivity contribution in [3.8, 4) is 5.75 Å². The molecule has 4 heteroatoms. The first-order chi connectivity index (χ1) is 8.60. The maximum atomic E-state index is 11.4. The van der Waals surface area contributed by atoms with Gasteiger partial charge < -0.3 is 10.5 Å². The maximum Gasteiger partial charge on any atom is 0.159 e. The Kier molecular flexibility index (Phi) is 3.99. The smallest absolute Gasteiger partial charge is 0.159 e. The Balaban J connectivity index is 2.18. The van der Waals surface area contributed by atoms with Gasteiger partial charge in [0.15, 0.2) is 5.78 Å². The van der Waals surface area contributed by atoms with E-state index in [2.05, 4.69) is 4.90 Å². The first kappa shape index (κ1) is 13.1. The van der Waals surface area contributed by atoms with Gasteiger partial charge in [-0.3, -0.25) is 9.69 Å². The third kappa shape index (κ3) is 2.89. The highest BCUT2D eigenvalue weighted by Crippen LogP contribution is 2.23. The number of hydrogen-bond donors (Lipinski definition) is 1. The number of benzene rings is 1. The molecule has 0 aliphatic carbocycles. The Morgan fingerprint density at radius 2 is 2.33 bits per heavy atom. The molecule has 1 unspecified atom stereocenters. The second-order valence-corrected chi connectivity index (χ2v) is 4.87. The molecule has 0 radical (unpaired) electrons. The number of methoxy groups -OCH3 is 1. The summed E-state index contributed by atoms with van der Waals surface area (Å²) in [5.74, 6) is 0.914. The Hall–Kier alpha value is -1.39. The highest BCUT2D eigenvalue weighted by atomic mass is 16.5.